The van der Waals surface area contributed by atoms with Crippen LogP contribution in [0, 0.1) is 0 Å². The number of hydrogen-bond acceptors (Lipinski definition) is 4. The van der Waals surface area contributed by atoms with Gasteiger partial charge in [0.05, 0.1) is 13.2 Å². The zero-order chi connectivity index (χ0) is 10.3. The highest BCUT2D eigenvalue weighted by Gasteiger charge is 2.17. The van der Waals surface area contributed by atoms with E-state index in [2.05, 4.69) is 5.09 Å². The van der Waals surface area contributed by atoms with E-state index in [0.717, 1.165) is 0 Å². The Hall–Kier alpha value is -0.0000000000000000763. The summed E-state index contributed by atoms with van der Waals surface area (Å²) in [4.78, 5) is 10.3. The van der Waals surface area contributed by atoms with Crippen LogP contribution in [0.3, 0.4) is 0 Å². The van der Waals surface area contributed by atoms with Crippen molar-refractivity contribution in [2.75, 3.05) is 19.8 Å². The van der Waals surface area contributed by atoms with Crippen LogP contribution < -0.4 is 5.09 Å². The molecule has 0 aliphatic heterocycles. The number of carboxylic acids is 1. The monoisotopic (exact) mass is 227 g/mol. The molecular weight excluding hydrogens is 213 g/mol. The summed E-state index contributed by atoms with van der Waals surface area (Å²) < 4.78 is 10.3. The summed E-state index contributed by atoms with van der Waals surface area (Å²) in [5.41, 5.74) is 0. The Morgan fingerprint density at radius 1 is 1.46 bits per heavy atom. The van der Waals surface area contributed by atoms with E-state index in [1.165, 1.54) is 0 Å². The van der Waals surface area contributed by atoms with Crippen molar-refractivity contribution >= 4 is 24.4 Å². The highest BCUT2D eigenvalue weighted by molar-refractivity contribution is 8.09. The zero-order valence-corrected chi connectivity index (χ0v) is 9.36. The summed E-state index contributed by atoms with van der Waals surface area (Å²) in [6, 6.07) is 0. The normalized spacial score (nSPS) is 11.5. The van der Waals surface area contributed by atoms with E-state index in [4.69, 9.17) is 26.0 Å². The highest BCUT2D eigenvalue weighted by Crippen LogP contribution is 2.43. The molecule has 0 aliphatic rings. The molecule has 5 nitrogen and oxygen atoms in total. The first-order valence-corrected chi connectivity index (χ1v) is 6.54. The third-order valence-corrected chi connectivity index (χ3v) is 3.78. The molecule has 0 aromatic heterocycles. The van der Waals surface area contributed by atoms with Gasteiger partial charge in [0.2, 0.25) is 0 Å². The second kappa shape index (κ2) is 6.45. The molecule has 0 radical (unpaired) electrons. The third kappa shape index (κ3) is 6.12. The van der Waals surface area contributed by atoms with E-state index in [0.29, 0.717) is 13.2 Å². The molecule has 0 fully saturated rings. The number of carbonyl (C=O) groups is 1. The Kier molecular flexibility index (Phi) is 6.45. The third-order valence-electron chi connectivity index (χ3n) is 1.02. The van der Waals surface area contributed by atoms with Gasteiger partial charge in [0.25, 0.3) is 6.64 Å². The molecule has 13 heavy (non-hydrogen) atoms. The minimum atomic E-state index is -2.57. The molecule has 0 aromatic rings. The number of nitrogens with one attached hydrogen (secondary N) is 1. The van der Waals surface area contributed by atoms with E-state index >= 15 is 0 Å². The van der Waals surface area contributed by atoms with Crippen molar-refractivity contribution in [1.82, 2.24) is 5.09 Å². The topological polar surface area (TPSA) is 67.8 Å². The van der Waals surface area contributed by atoms with Crippen molar-refractivity contribution in [3.05, 3.63) is 0 Å². The lowest BCUT2D eigenvalue weighted by molar-refractivity contribution is -0.135. The van der Waals surface area contributed by atoms with E-state index in [9.17, 15) is 4.79 Å². The second-order valence-corrected chi connectivity index (χ2v) is 5.33. The Morgan fingerprint density at radius 3 is 2.23 bits per heavy atom. The lowest BCUT2D eigenvalue weighted by Gasteiger charge is -2.20. The Balaban J connectivity index is 4.07. The molecule has 0 aliphatic carbocycles. The van der Waals surface area contributed by atoms with Gasteiger partial charge in [0.15, 0.2) is 0 Å². The first-order chi connectivity index (χ1) is 6.04. The predicted octanol–water partition coefficient (Wildman–Crippen LogP) is 0.958. The molecule has 0 amide bonds. The maximum atomic E-state index is 10.3. The molecule has 0 unspecified atom stereocenters. The van der Waals surface area contributed by atoms with Gasteiger partial charge in [-0.1, -0.05) is 0 Å². The Bertz CT molecular complexity index is 201. The fraction of sp³-hybridized carbons (Fsp3) is 0.833. The molecule has 0 saturated heterocycles. The minimum Gasteiger partial charge on any atom is -0.480 e. The summed E-state index contributed by atoms with van der Waals surface area (Å²) in [5.74, 6) is -0.978. The van der Waals surface area contributed by atoms with Gasteiger partial charge in [-0.05, 0) is 25.7 Å². The zero-order valence-electron chi connectivity index (χ0n) is 7.65. The summed E-state index contributed by atoms with van der Waals surface area (Å²) in [6.07, 6.45) is 0. The second-order valence-electron chi connectivity index (χ2n) is 2.06. The van der Waals surface area contributed by atoms with Gasteiger partial charge in [-0.15, -0.1) is 0 Å². The van der Waals surface area contributed by atoms with Crippen molar-refractivity contribution in [2.24, 2.45) is 0 Å². The van der Waals surface area contributed by atoms with Crippen LogP contribution in [0.15, 0.2) is 0 Å². The van der Waals surface area contributed by atoms with Gasteiger partial charge >= 0.3 is 5.97 Å². The Labute approximate surface area is 82.6 Å². The van der Waals surface area contributed by atoms with Crippen LogP contribution in [0.25, 0.3) is 0 Å². The van der Waals surface area contributed by atoms with Crippen molar-refractivity contribution in [3.8, 4) is 0 Å². The molecule has 2 N–H and O–H groups in total. The van der Waals surface area contributed by atoms with E-state index in [1.807, 2.05) is 0 Å². The van der Waals surface area contributed by atoms with Crippen molar-refractivity contribution in [2.45, 2.75) is 13.8 Å². The average molecular weight is 227 g/mol. The van der Waals surface area contributed by atoms with Gasteiger partial charge in [-0.2, -0.15) is 0 Å². The summed E-state index contributed by atoms with van der Waals surface area (Å²) in [6.45, 7) is 1.56. The first kappa shape index (κ1) is 13.0. The van der Waals surface area contributed by atoms with Crippen molar-refractivity contribution in [3.63, 3.8) is 0 Å². The quantitative estimate of drug-likeness (QED) is 0.631. The maximum absolute atomic E-state index is 10.3. The molecule has 0 heterocycles. The largest absolute Gasteiger partial charge is 0.480 e. The SMILES string of the molecule is CCOP(=S)(NCC(=O)O)OCC. The molecule has 0 atom stereocenters. The molecule has 0 saturated carbocycles. The lowest BCUT2D eigenvalue weighted by atomic mass is 10.7. The van der Waals surface area contributed by atoms with Crippen LogP contribution in [0.1, 0.15) is 13.8 Å². The summed E-state index contributed by atoms with van der Waals surface area (Å²) in [7, 11) is 0. The van der Waals surface area contributed by atoms with E-state index in [-0.39, 0.29) is 6.54 Å². The fourth-order valence-electron chi connectivity index (χ4n) is 0.633. The predicted molar refractivity (Wildman–Crippen MR) is 53.2 cm³/mol. The van der Waals surface area contributed by atoms with Crippen LogP contribution in [0.4, 0.5) is 0 Å². The lowest BCUT2D eigenvalue weighted by Crippen LogP contribution is -2.22. The van der Waals surface area contributed by atoms with Gasteiger partial charge < -0.3 is 14.2 Å². The van der Waals surface area contributed by atoms with Crippen LogP contribution in [0.5, 0.6) is 0 Å². The van der Waals surface area contributed by atoms with Crippen LogP contribution in [-0.4, -0.2) is 30.8 Å². The number of carboxylic acid groups (broad SMARTS) is 1. The molecule has 0 bridgehead atoms. The van der Waals surface area contributed by atoms with Gasteiger partial charge in [-0.3, -0.25) is 4.79 Å². The van der Waals surface area contributed by atoms with Gasteiger partial charge in [0.1, 0.15) is 6.54 Å². The minimum absolute atomic E-state index is 0.239. The highest BCUT2D eigenvalue weighted by atomic mass is 32.5. The molecule has 7 heteroatoms. The smallest absolute Gasteiger partial charge is 0.317 e. The average Bonchev–Trinajstić information content (AvgIpc) is 2.02. The standard InChI is InChI=1S/C6H14NO4PS/c1-3-10-12(13,11-4-2)7-5-6(8)9/h3-5H2,1-2H3,(H,7,13)(H,8,9). The number of rotatable bonds is 7. The van der Waals surface area contributed by atoms with Gasteiger partial charge in [-0.25, -0.2) is 5.09 Å². The van der Waals surface area contributed by atoms with Gasteiger partial charge in [0, 0.05) is 0 Å². The van der Waals surface area contributed by atoms with E-state index < -0.39 is 12.6 Å². The van der Waals surface area contributed by atoms with Crippen LogP contribution in [0.2, 0.25) is 0 Å². The number of aliphatic carboxylic acids is 1. The summed E-state index contributed by atoms with van der Waals surface area (Å²) in [5, 5.41) is 11.0. The van der Waals surface area contributed by atoms with E-state index in [1.54, 1.807) is 13.8 Å². The first-order valence-electron chi connectivity index (χ1n) is 3.90. The van der Waals surface area contributed by atoms with Crippen LogP contribution in [-0.2, 0) is 25.6 Å². The summed E-state index contributed by atoms with van der Waals surface area (Å²) >= 11 is 5.01. The van der Waals surface area contributed by atoms with Crippen LogP contribution >= 0.6 is 6.64 Å². The molecule has 0 spiro atoms. The fourth-order valence-corrected chi connectivity index (χ4v) is 2.72. The molecule has 0 aromatic carbocycles. The van der Waals surface area contributed by atoms with Crippen molar-refractivity contribution in [1.29, 1.82) is 0 Å². The number of hydrogen-bond donors (Lipinski definition) is 2. The molecular formula is C6H14NO4PS. The molecule has 78 valence electrons. The van der Waals surface area contributed by atoms with Crippen molar-refractivity contribution < 1.29 is 18.9 Å². The molecule has 0 rings (SSSR count). The Morgan fingerprint density at radius 2 is 1.92 bits per heavy atom. The maximum Gasteiger partial charge on any atom is 0.317 e.